The molecule has 1 aromatic rings. The Morgan fingerprint density at radius 1 is 1.35 bits per heavy atom. The van der Waals surface area contributed by atoms with Gasteiger partial charge in [-0.25, -0.2) is 0 Å². The first kappa shape index (κ1) is 15.3. The molecule has 1 aromatic carbocycles. The van der Waals surface area contributed by atoms with E-state index >= 15 is 0 Å². The zero-order valence-electron chi connectivity index (χ0n) is 12.0. The minimum Gasteiger partial charge on any atom is -0.399 e. The van der Waals surface area contributed by atoms with Crippen molar-refractivity contribution in [1.29, 1.82) is 0 Å². The molecule has 0 bridgehead atoms. The Hall–Kier alpha value is -1.11. The van der Waals surface area contributed by atoms with E-state index in [1.165, 1.54) is 0 Å². The molecule has 3 N–H and O–H groups in total. The quantitative estimate of drug-likeness (QED) is 0.833. The molecule has 2 atom stereocenters. The van der Waals surface area contributed by atoms with Crippen LogP contribution in [0.1, 0.15) is 38.3 Å². The van der Waals surface area contributed by atoms with Crippen LogP contribution >= 0.6 is 0 Å². The van der Waals surface area contributed by atoms with Gasteiger partial charge in [-0.05, 0) is 43.4 Å². The molecule has 0 saturated carbocycles. The van der Waals surface area contributed by atoms with E-state index < -0.39 is 10.2 Å². The summed E-state index contributed by atoms with van der Waals surface area (Å²) in [6.45, 7) is 5.14. The van der Waals surface area contributed by atoms with Gasteiger partial charge in [0.1, 0.15) is 0 Å². The smallest absolute Gasteiger partial charge is 0.280 e. The molecule has 2 unspecified atom stereocenters. The maximum atomic E-state index is 12.4. The van der Waals surface area contributed by atoms with Gasteiger partial charge in [0.25, 0.3) is 10.2 Å². The van der Waals surface area contributed by atoms with Crippen molar-refractivity contribution in [2.75, 3.05) is 18.8 Å². The molecular weight excluding hydrogens is 274 g/mol. The summed E-state index contributed by atoms with van der Waals surface area (Å²) in [5, 5.41) is 0. The molecule has 0 spiro atoms. The van der Waals surface area contributed by atoms with Crippen LogP contribution in [0, 0.1) is 5.92 Å². The number of piperidine rings is 1. The lowest BCUT2D eigenvalue weighted by atomic mass is 10.0. The highest BCUT2D eigenvalue weighted by Gasteiger charge is 2.28. The van der Waals surface area contributed by atoms with Crippen LogP contribution < -0.4 is 10.5 Å². The Morgan fingerprint density at radius 2 is 2.00 bits per heavy atom. The van der Waals surface area contributed by atoms with Crippen LogP contribution in [0.5, 0.6) is 0 Å². The summed E-state index contributed by atoms with van der Waals surface area (Å²) in [5.74, 6) is 0.423. The molecule has 0 aliphatic carbocycles. The molecule has 1 heterocycles. The number of hydrogen-bond acceptors (Lipinski definition) is 3. The Kier molecular flexibility index (Phi) is 4.67. The second-order valence-corrected chi connectivity index (χ2v) is 7.32. The summed E-state index contributed by atoms with van der Waals surface area (Å²) in [6.07, 6.45) is 2.03. The third-order valence-corrected chi connectivity index (χ3v) is 5.38. The van der Waals surface area contributed by atoms with E-state index in [9.17, 15) is 8.42 Å². The van der Waals surface area contributed by atoms with Crippen LogP contribution in [0.2, 0.25) is 0 Å². The minimum absolute atomic E-state index is 0.266. The van der Waals surface area contributed by atoms with Gasteiger partial charge in [-0.3, -0.25) is 0 Å². The van der Waals surface area contributed by atoms with E-state index in [1.807, 2.05) is 19.1 Å². The average molecular weight is 297 g/mol. The lowest BCUT2D eigenvalue weighted by molar-refractivity contribution is 0.277. The number of nitrogens with two attached hydrogens (primary N) is 1. The van der Waals surface area contributed by atoms with Gasteiger partial charge in [-0.2, -0.15) is 17.4 Å². The predicted molar refractivity (Wildman–Crippen MR) is 81.3 cm³/mol. The molecule has 112 valence electrons. The third kappa shape index (κ3) is 3.71. The Morgan fingerprint density at radius 3 is 2.60 bits per heavy atom. The van der Waals surface area contributed by atoms with E-state index in [0.29, 0.717) is 24.7 Å². The van der Waals surface area contributed by atoms with Crippen LogP contribution in [-0.4, -0.2) is 25.8 Å². The Labute approximate surface area is 121 Å². The Balaban J connectivity index is 2.05. The largest absolute Gasteiger partial charge is 0.399 e. The van der Waals surface area contributed by atoms with Crippen molar-refractivity contribution in [1.82, 2.24) is 9.03 Å². The van der Waals surface area contributed by atoms with Crippen LogP contribution in [0.15, 0.2) is 24.3 Å². The van der Waals surface area contributed by atoms with Gasteiger partial charge in [0, 0.05) is 24.8 Å². The first-order valence-corrected chi connectivity index (χ1v) is 8.45. The lowest BCUT2D eigenvalue weighted by Crippen LogP contribution is -2.46. The molecule has 1 saturated heterocycles. The number of nitrogens with one attached hydrogen (secondary N) is 1. The van der Waals surface area contributed by atoms with Gasteiger partial charge < -0.3 is 5.73 Å². The minimum atomic E-state index is -3.42. The van der Waals surface area contributed by atoms with Crippen LogP contribution in [-0.2, 0) is 10.2 Å². The van der Waals surface area contributed by atoms with Crippen molar-refractivity contribution in [3.8, 4) is 0 Å². The fourth-order valence-corrected chi connectivity index (χ4v) is 4.07. The van der Waals surface area contributed by atoms with Gasteiger partial charge in [0.2, 0.25) is 0 Å². The average Bonchev–Trinajstić information content (AvgIpc) is 2.39. The fraction of sp³-hybridized carbons (Fsp3) is 0.571. The number of nitrogen functional groups attached to an aromatic ring is 1. The summed E-state index contributed by atoms with van der Waals surface area (Å²) < 4.78 is 29.0. The van der Waals surface area contributed by atoms with Gasteiger partial charge in [0.15, 0.2) is 0 Å². The SMILES string of the molecule is CC1CCCN(S(=O)(=O)NC(C)c2ccc(N)cc2)C1. The molecule has 0 amide bonds. The monoisotopic (exact) mass is 297 g/mol. The number of nitrogens with zero attached hydrogens (tertiary/aromatic N) is 1. The van der Waals surface area contributed by atoms with E-state index in [4.69, 9.17) is 5.73 Å². The van der Waals surface area contributed by atoms with Crippen LogP contribution in [0.4, 0.5) is 5.69 Å². The van der Waals surface area contributed by atoms with Gasteiger partial charge in [-0.15, -0.1) is 0 Å². The molecule has 1 aliphatic heterocycles. The van der Waals surface area contributed by atoms with Crippen molar-refractivity contribution in [3.05, 3.63) is 29.8 Å². The zero-order chi connectivity index (χ0) is 14.8. The number of anilines is 1. The van der Waals surface area contributed by atoms with Crippen molar-refractivity contribution >= 4 is 15.9 Å². The van der Waals surface area contributed by atoms with Crippen molar-refractivity contribution in [2.24, 2.45) is 5.92 Å². The summed E-state index contributed by atoms with van der Waals surface area (Å²) >= 11 is 0. The van der Waals surface area contributed by atoms with Crippen LogP contribution in [0.25, 0.3) is 0 Å². The molecule has 0 radical (unpaired) electrons. The highest BCUT2D eigenvalue weighted by atomic mass is 32.2. The number of hydrogen-bond donors (Lipinski definition) is 2. The first-order valence-electron chi connectivity index (χ1n) is 7.01. The van der Waals surface area contributed by atoms with Gasteiger partial charge >= 0.3 is 0 Å². The lowest BCUT2D eigenvalue weighted by Gasteiger charge is -2.31. The third-order valence-electron chi connectivity index (χ3n) is 3.72. The molecular formula is C14H23N3O2S. The Bertz CT molecular complexity index is 542. The maximum Gasteiger partial charge on any atom is 0.280 e. The number of rotatable bonds is 4. The second-order valence-electron chi connectivity index (χ2n) is 5.62. The van der Waals surface area contributed by atoms with Crippen LogP contribution in [0.3, 0.4) is 0 Å². The molecule has 6 heteroatoms. The standard InChI is InChI=1S/C14H23N3O2S/c1-11-4-3-9-17(10-11)20(18,19)16-12(2)13-5-7-14(15)8-6-13/h5-8,11-12,16H,3-4,9-10,15H2,1-2H3. The van der Waals surface area contributed by atoms with Crippen molar-refractivity contribution in [3.63, 3.8) is 0 Å². The van der Waals surface area contributed by atoms with Gasteiger partial charge in [-0.1, -0.05) is 19.1 Å². The molecule has 2 rings (SSSR count). The van der Waals surface area contributed by atoms with E-state index in [0.717, 1.165) is 18.4 Å². The normalized spacial score (nSPS) is 22.6. The number of benzene rings is 1. The molecule has 20 heavy (non-hydrogen) atoms. The molecule has 1 aliphatic rings. The maximum absolute atomic E-state index is 12.4. The topological polar surface area (TPSA) is 75.4 Å². The summed E-state index contributed by atoms with van der Waals surface area (Å²) in [5.41, 5.74) is 7.22. The van der Waals surface area contributed by atoms with E-state index in [2.05, 4.69) is 11.6 Å². The summed E-state index contributed by atoms with van der Waals surface area (Å²) in [6, 6.07) is 6.99. The molecule has 1 fully saturated rings. The predicted octanol–water partition coefficient (Wildman–Crippen LogP) is 1.90. The van der Waals surface area contributed by atoms with E-state index in [-0.39, 0.29) is 6.04 Å². The van der Waals surface area contributed by atoms with E-state index in [1.54, 1.807) is 16.4 Å². The second kappa shape index (κ2) is 6.11. The first-order chi connectivity index (χ1) is 9.38. The van der Waals surface area contributed by atoms with Crippen molar-refractivity contribution in [2.45, 2.75) is 32.7 Å². The summed E-state index contributed by atoms with van der Waals surface area (Å²) in [7, 11) is -3.42. The zero-order valence-corrected chi connectivity index (χ0v) is 12.9. The highest BCUT2D eigenvalue weighted by molar-refractivity contribution is 7.87. The molecule has 5 nitrogen and oxygen atoms in total. The van der Waals surface area contributed by atoms with Gasteiger partial charge in [0.05, 0.1) is 0 Å². The molecule has 0 aromatic heterocycles. The fourth-order valence-electron chi connectivity index (χ4n) is 2.52. The van der Waals surface area contributed by atoms with Crippen molar-refractivity contribution < 1.29 is 8.42 Å². The summed E-state index contributed by atoms with van der Waals surface area (Å²) in [4.78, 5) is 0. The highest BCUT2D eigenvalue weighted by Crippen LogP contribution is 2.20.